The third kappa shape index (κ3) is 12.8. The van der Waals surface area contributed by atoms with Crippen LogP contribution in [0.5, 0.6) is 0 Å². The van der Waals surface area contributed by atoms with Gasteiger partial charge in [-0.1, -0.05) is 13.8 Å². The van der Waals surface area contributed by atoms with Crippen LogP contribution in [-0.2, 0) is 0 Å². The molecule has 2 N–H and O–H groups in total. The van der Waals surface area contributed by atoms with Crippen LogP contribution in [0.2, 0.25) is 0 Å². The SMILES string of the molecule is CCCN(CCC)CCCNC(=NC)NCC(C)(C)SC.I. The Morgan fingerprint density at radius 3 is 2.14 bits per heavy atom. The molecule has 6 heteroatoms. The molecular weight excluding hydrogens is 407 g/mol. The van der Waals surface area contributed by atoms with Gasteiger partial charge in [0.1, 0.15) is 0 Å². The Labute approximate surface area is 159 Å². The summed E-state index contributed by atoms with van der Waals surface area (Å²) in [6, 6.07) is 0. The Hall–Kier alpha value is 0.310. The molecule has 0 fully saturated rings. The van der Waals surface area contributed by atoms with Crippen molar-refractivity contribution in [2.45, 2.75) is 51.7 Å². The van der Waals surface area contributed by atoms with Crippen molar-refractivity contribution in [3.8, 4) is 0 Å². The van der Waals surface area contributed by atoms with Crippen LogP contribution in [0.3, 0.4) is 0 Å². The summed E-state index contributed by atoms with van der Waals surface area (Å²) in [6.07, 6.45) is 5.78. The van der Waals surface area contributed by atoms with Gasteiger partial charge in [-0.05, 0) is 59.0 Å². The largest absolute Gasteiger partial charge is 0.356 e. The minimum Gasteiger partial charge on any atom is -0.356 e. The zero-order chi connectivity index (χ0) is 16.1. The van der Waals surface area contributed by atoms with E-state index in [1.807, 2.05) is 18.8 Å². The predicted octanol–water partition coefficient (Wildman–Crippen LogP) is 3.42. The number of thioether (sulfide) groups is 1. The molecule has 0 aromatic rings. The van der Waals surface area contributed by atoms with Crippen molar-refractivity contribution in [1.82, 2.24) is 15.5 Å². The molecule has 0 saturated carbocycles. The third-order valence-electron chi connectivity index (χ3n) is 3.48. The minimum atomic E-state index is 0. The average molecular weight is 444 g/mol. The van der Waals surface area contributed by atoms with Gasteiger partial charge in [-0.25, -0.2) is 0 Å². The van der Waals surface area contributed by atoms with Crippen LogP contribution in [0.4, 0.5) is 0 Å². The lowest BCUT2D eigenvalue weighted by atomic mass is 10.2. The Kier molecular flexibility index (Phi) is 16.6. The standard InChI is InChI=1S/C16H36N4S.HI/c1-7-11-20(12-8-2)13-9-10-18-15(17-5)19-14-16(3,4)21-6;/h7-14H2,1-6H3,(H2,17,18,19);1H. The summed E-state index contributed by atoms with van der Waals surface area (Å²) in [7, 11) is 1.84. The molecule has 22 heavy (non-hydrogen) atoms. The number of hydrogen-bond donors (Lipinski definition) is 2. The zero-order valence-electron chi connectivity index (χ0n) is 15.4. The molecule has 0 bridgehead atoms. The van der Waals surface area contributed by atoms with Gasteiger partial charge in [0.2, 0.25) is 0 Å². The normalized spacial score (nSPS) is 12.2. The fourth-order valence-electron chi connectivity index (χ4n) is 2.07. The van der Waals surface area contributed by atoms with E-state index < -0.39 is 0 Å². The smallest absolute Gasteiger partial charge is 0.191 e. The summed E-state index contributed by atoms with van der Waals surface area (Å²) in [4.78, 5) is 6.84. The third-order valence-corrected chi connectivity index (χ3v) is 4.73. The van der Waals surface area contributed by atoms with Crippen LogP contribution in [0.15, 0.2) is 4.99 Å². The van der Waals surface area contributed by atoms with Crippen molar-refractivity contribution < 1.29 is 0 Å². The van der Waals surface area contributed by atoms with Crippen LogP contribution in [0.1, 0.15) is 47.0 Å². The fraction of sp³-hybridized carbons (Fsp3) is 0.938. The number of nitrogens with zero attached hydrogens (tertiary/aromatic N) is 2. The summed E-state index contributed by atoms with van der Waals surface area (Å²) < 4.78 is 0.233. The fourth-order valence-corrected chi connectivity index (χ4v) is 2.28. The molecular formula is C16H37IN4S. The van der Waals surface area contributed by atoms with Crippen LogP contribution in [-0.4, -0.2) is 61.6 Å². The van der Waals surface area contributed by atoms with E-state index in [2.05, 4.69) is 54.5 Å². The van der Waals surface area contributed by atoms with Crippen molar-refractivity contribution in [1.29, 1.82) is 0 Å². The molecule has 0 rings (SSSR count). The van der Waals surface area contributed by atoms with Gasteiger partial charge < -0.3 is 15.5 Å². The van der Waals surface area contributed by atoms with Gasteiger partial charge >= 0.3 is 0 Å². The first kappa shape index (κ1) is 24.6. The van der Waals surface area contributed by atoms with Gasteiger partial charge in [-0.15, -0.1) is 24.0 Å². The van der Waals surface area contributed by atoms with Gasteiger partial charge in [-0.2, -0.15) is 11.8 Å². The molecule has 0 aliphatic carbocycles. The lowest BCUT2D eigenvalue weighted by molar-refractivity contribution is 0.271. The Balaban J connectivity index is 0. The van der Waals surface area contributed by atoms with E-state index >= 15 is 0 Å². The Morgan fingerprint density at radius 2 is 1.68 bits per heavy atom. The van der Waals surface area contributed by atoms with Crippen molar-refractivity contribution >= 4 is 41.7 Å². The van der Waals surface area contributed by atoms with Gasteiger partial charge in [-0.3, -0.25) is 4.99 Å². The molecule has 0 saturated heterocycles. The number of aliphatic imine (C=N–C) groups is 1. The highest BCUT2D eigenvalue weighted by Gasteiger charge is 2.15. The lowest BCUT2D eigenvalue weighted by Crippen LogP contribution is -2.44. The maximum Gasteiger partial charge on any atom is 0.191 e. The van der Waals surface area contributed by atoms with Crippen LogP contribution in [0.25, 0.3) is 0 Å². The molecule has 0 aliphatic heterocycles. The first-order chi connectivity index (χ1) is 9.99. The predicted molar refractivity (Wildman–Crippen MR) is 114 cm³/mol. The number of rotatable bonds is 11. The molecule has 0 spiro atoms. The molecule has 134 valence electrons. The second-order valence-electron chi connectivity index (χ2n) is 6.01. The molecule has 0 amide bonds. The molecule has 0 aromatic carbocycles. The molecule has 0 atom stereocenters. The maximum atomic E-state index is 4.29. The van der Waals surface area contributed by atoms with E-state index in [1.165, 1.54) is 32.5 Å². The first-order valence-electron chi connectivity index (χ1n) is 8.21. The number of guanidine groups is 1. The summed E-state index contributed by atoms with van der Waals surface area (Å²) in [6.45, 7) is 14.5. The molecule has 0 radical (unpaired) electrons. The van der Waals surface area contributed by atoms with E-state index in [0.29, 0.717) is 0 Å². The second kappa shape index (κ2) is 14.9. The van der Waals surface area contributed by atoms with Gasteiger partial charge in [0.25, 0.3) is 0 Å². The quantitative estimate of drug-likeness (QED) is 0.222. The van der Waals surface area contributed by atoms with Gasteiger partial charge in [0, 0.05) is 24.9 Å². The van der Waals surface area contributed by atoms with Crippen molar-refractivity contribution in [3.63, 3.8) is 0 Å². The number of halogens is 1. The maximum absolute atomic E-state index is 4.29. The van der Waals surface area contributed by atoms with Crippen LogP contribution in [0, 0.1) is 0 Å². The highest BCUT2D eigenvalue weighted by atomic mass is 127. The van der Waals surface area contributed by atoms with Crippen molar-refractivity contribution in [2.75, 3.05) is 46.0 Å². The highest BCUT2D eigenvalue weighted by Crippen LogP contribution is 2.19. The van der Waals surface area contributed by atoms with E-state index in [1.54, 1.807) is 0 Å². The van der Waals surface area contributed by atoms with Crippen LogP contribution < -0.4 is 10.6 Å². The van der Waals surface area contributed by atoms with E-state index in [0.717, 1.165) is 25.5 Å². The number of nitrogens with one attached hydrogen (secondary N) is 2. The zero-order valence-corrected chi connectivity index (χ0v) is 18.5. The number of hydrogen-bond acceptors (Lipinski definition) is 3. The first-order valence-corrected chi connectivity index (χ1v) is 9.43. The molecule has 0 unspecified atom stereocenters. The summed E-state index contributed by atoms with van der Waals surface area (Å²) in [5.41, 5.74) is 0. The second-order valence-corrected chi connectivity index (χ2v) is 7.52. The van der Waals surface area contributed by atoms with Crippen LogP contribution >= 0.6 is 35.7 Å². The average Bonchev–Trinajstić information content (AvgIpc) is 2.47. The summed E-state index contributed by atoms with van der Waals surface area (Å²) in [5, 5.41) is 6.81. The van der Waals surface area contributed by atoms with E-state index in [-0.39, 0.29) is 28.7 Å². The van der Waals surface area contributed by atoms with Crippen molar-refractivity contribution in [2.24, 2.45) is 4.99 Å². The molecule has 0 aliphatic rings. The lowest BCUT2D eigenvalue weighted by Gasteiger charge is -2.24. The monoisotopic (exact) mass is 444 g/mol. The van der Waals surface area contributed by atoms with Crippen molar-refractivity contribution in [3.05, 3.63) is 0 Å². The molecule has 4 nitrogen and oxygen atoms in total. The van der Waals surface area contributed by atoms with E-state index in [4.69, 9.17) is 0 Å². The molecule has 0 heterocycles. The molecule has 0 aromatic heterocycles. The summed E-state index contributed by atoms with van der Waals surface area (Å²) >= 11 is 1.87. The van der Waals surface area contributed by atoms with Gasteiger partial charge in [0.15, 0.2) is 5.96 Å². The minimum absolute atomic E-state index is 0. The summed E-state index contributed by atoms with van der Waals surface area (Å²) in [5.74, 6) is 0.912. The van der Waals surface area contributed by atoms with E-state index in [9.17, 15) is 0 Å². The Bertz CT molecular complexity index is 279. The van der Waals surface area contributed by atoms with Gasteiger partial charge in [0.05, 0.1) is 0 Å². The topological polar surface area (TPSA) is 39.7 Å². The Morgan fingerprint density at radius 1 is 1.09 bits per heavy atom. The highest BCUT2D eigenvalue weighted by molar-refractivity contribution is 14.0.